The Hall–Kier alpha value is -3.67. The molecule has 0 saturated heterocycles. The van der Waals surface area contributed by atoms with Crippen LogP contribution in [0.15, 0.2) is 49.6 Å². The number of nitrogens with zero attached hydrogens (tertiary/aromatic N) is 1. The predicted molar refractivity (Wildman–Crippen MR) is 168 cm³/mol. The van der Waals surface area contributed by atoms with Crippen molar-refractivity contribution >= 4 is 33.8 Å². The van der Waals surface area contributed by atoms with Crippen LogP contribution in [0.1, 0.15) is 68.9 Å². The SMILES string of the molecule is C=CCCCCCNC(=O)C1CC(OC(=O)N2CCc3ccccc3C2)CC1C(=O)NC1(C(=O)NS(=O)(=O)C2CC2)CC1C=C. The van der Waals surface area contributed by atoms with Crippen LogP contribution in [0, 0.1) is 17.8 Å². The molecule has 1 aromatic carbocycles. The van der Waals surface area contributed by atoms with Gasteiger partial charge in [-0.1, -0.05) is 42.8 Å². The maximum absolute atomic E-state index is 13.8. The molecule has 3 N–H and O–H groups in total. The largest absolute Gasteiger partial charge is 0.446 e. The van der Waals surface area contributed by atoms with Gasteiger partial charge in [0.25, 0.3) is 5.91 Å². The Balaban J connectivity index is 1.25. The van der Waals surface area contributed by atoms with Crippen LogP contribution in [0.4, 0.5) is 4.79 Å². The fourth-order valence-corrected chi connectivity index (χ4v) is 7.86. The number of allylic oxidation sites excluding steroid dienone is 1. The Morgan fingerprint density at radius 3 is 2.38 bits per heavy atom. The highest BCUT2D eigenvalue weighted by atomic mass is 32.2. The molecule has 11 nitrogen and oxygen atoms in total. The second-order valence-electron chi connectivity index (χ2n) is 12.7. The van der Waals surface area contributed by atoms with Crippen LogP contribution in [0.25, 0.3) is 0 Å². The average Bonchev–Trinajstić information content (AvgIpc) is 3.95. The van der Waals surface area contributed by atoms with E-state index in [0.717, 1.165) is 31.2 Å². The minimum atomic E-state index is -3.83. The second-order valence-corrected chi connectivity index (χ2v) is 14.7. The summed E-state index contributed by atoms with van der Waals surface area (Å²) >= 11 is 0. The molecule has 0 radical (unpaired) electrons. The van der Waals surface area contributed by atoms with Gasteiger partial charge in [-0.25, -0.2) is 13.2 Å². The fourth-order valence-electron chi connectivity index (χ4n) is 6.50. The van der Waals surface area contributed by atoms with Crippen LogP contribution in [-0.2, 0) is 42.1 Å². The molecular formula is C33H44N4O7S. The Morgan fingerprint density at radius 1 is 1.00 bits per heavy atom. The molecule has 244 valence electrons. The number of benzene rings is 1. The highest BCUT2D eigenvalue weighted by Gasteiger charge is 2.62. The van der Waals surface area contributed by atoms with Crippen molar-refractivity contribution in [2.45, 2.75) is 87.6 Å². The molecule has 1 aliphatic heterocycles. The molecule has 12 heteroatoms. The topological polar surface area (TPSA) is 151 Å². The third kappa shape index (κ3) is 7.59. The first-order valence-corrected chi connectivity index (χ1v) is 17.5. The summed E-state index contributed by atoms with van der Waals surface area (Å²) in [7, 11) is -3.83. The van der Waals surface area contributed by atoms with E-state index in [9.17, 15) is 27.6 Å². The summed E-state index contributed by atoms with van der Waals surface area (Å²) in [5, 5.41) is 5.13. The molecule has 4 aliphatic rings. The van der Waals surface area contributed by atoms with Crippen molar-refractivity contribution in [3.8, 4) is 0 Å². The zero-order valence-corrected chi connectivity index (χ0v) is 26.5. The lowest BCUT2D eigenvalue weighted by Gasteiger charge is -2.29. The number of carbonyl (C=O) groups is 4. The molecule has 5 unspecified atom stereocenters. The van der Waals surface area contributed by atoms with E-state index in [1.54, 1.807) is 4.90 Å². The lowest BCUT2D eigenvalue weighted by molar-refractivity contribution is -0.136. The lowest BCUT2D eigenvalue weighted by atomic mass is 9.93. The summed E-state index contributed by atoms with van der Waals surface area (Å²) in [4.78, 5) is 55.2. The van der Waals surface area contributed by atoms with Crippen LogP contribution in [0.3, 0.4) is 0 Å². The number of sulfonamides is 1. The van der Waals surface area contributed by atoms with Gasteiger partial charge in [0, 0.05) is 25.6 Å². The number of fused-ring (bicyclic) bond motifs is 1. The zero-order valence-electron chi connectivity index (χ0n) is 25.7. The monoisotopic (exact) mass is 640 g/mol. The van der Waals surface area contributed by atoms with E-state index in [1.807, 2.05) is 30.3 Å². The number of hydrogen-bond donors (Lipinski definition) is 3. The molecule has 0 aromatic heterocycles. The number of rotatable bonds is 14. The summed E-state index contributed by atoms with van der Waals surface area (Å²) in [5.41, 5.74) is 0.799. The highest BCUT2D eigenvalue weighted by Crippen LogP contribution is 2.46. The quantitative estimate of drug-likeness (QED) is 0.209. The van der Waals surface area contributed by atoms with E-state index in [-0.39, 0.29) is 25.2 Å². The molecule has 0 bridgehead atoms. The number of carbonyl (C=O) groups excluding carboxylic acids is 4. The van der Waals surface area contributed by atoms with E-state index in [1.165, 1.54) is 11.6 Å². The van der Waals surface area contributed by atoms with Gasteiger partial charge in [0.15, 0.2) is 0 Å². The maximum Gasteiger partial charge on any atom is 0.410 e. The second kappa shape index (κ2) is 13.8. The molecule has 1 aromatic rings. The van der Waals surface area contributed by atoms with Crippen LogP contribution in [0.2, 0.25) is 0 Å². The summed E-state index contributed by atoms with van der Waals surface area (Å²) < 4.78 is 33.0. The Kier molecular flexibility index (Phi) is 10.0. The van der Waals surface area contributed by atoms with Crippen LogP contribution in [-0.4, -0.2) is 67.1 Å². The number of ether oxygens (including phenoxy) is 1. The Labute approximate surface area is 265 Å². The molecule has 4 amide bonds. The van der Waals surface area contributed by atoms with E-state index in [0.29, 0.717) is 38.9 Å². The molecular weight excluding hydrogens is 596 g/mol. The third-order valence-corrected chi connectivity index (χ3v) is 11.3. The van der Waals surface area contributed by atoms with Crippen molar-refractivity contribution in [3.63, 3.8) is 0 Å². The molecule has 3 fully saturated rings. The predicted octanol–water partition coefficient (Wildman–Crippen LogP) is 3.11. The average molecular weight is 641 g/mol. The van der Waals surface area contributed by atoms with E-state index in [4.69, 9.17) is 4.74 Å². The fraction of sp³-hybridized carbons (Fsp3) is 0.576. The molecule has 5 rings (SSSR count). The summed E-state index contributed by atoms with van der Waals surface area (Å²) in [5.74, 6) is -3.75. The van der Waals surface area contributed by atoms with Crippen molar-refractivity contribution in [1.82, 2.24) is 20.3 Å². The highest BCUT2D eigenvalue weighted by molar-refractivity contribution is 7.91. The minimum Gasteiger partial charge on any atom is -0.446 e. The van der Waals surface area contributed by atoms with Crippen molar-refractivity contribution in [3.05, 3.63) is 60.7 Å². The number of unbranched alkanes of at least 4 members (excludes halogenated alkanes) is 3. The van der Waals surface area contributed by atoms with Gasteiger partial charge >= 0.3 is 6.09 Å². The minimum absolute atomic E-state index is 0.107. The normalized spacial score (nSPS) is 27.1. The molecule has 1 heterocycles. The van der Waals surface area contributed by atoms with Gasteiger partial charge in [0.05, 0.1) is 17.1 Å². The first-order valence-electron chi connectivity index (χ1n) is 16.0. The van der Waals surface area contributed by atoms with Gasteiger partial charge in [-0.05, 0) is 68.9 Å². The lowest BCUT2D eigenvalue weighted by Crippen LogP contribution is -2.54. The maximum atomic E-state index is 13.8. The van der Waals surface area contributed by atoms with Crippen molar-refractivity contribution in [2.24, 2.45) is 17.8 Å². The van der Waals surface area contributed by atoms with Gasteiger partial charge in [0.2, 0.25) is 21.8 Å². The smallest absolute Gasteiger partial charge is 0.410 e. The van der Waals surface area contributed by atoms with E-state index >= 15 is 0 Å². The van der Waals surface area contributed by atoms with Gasteiger partial charge in [-0.15, -0.1) is 13.2 Å². The number of hydrogen-bond acceptors (Lipinski definition) is 7. The van der Waals surface area contributed by atoms with Gasteiger partial charge < -0.3 is 20.3 Å². The van der Waals surface area contributed by atoms with Crippen molar-refractivity contribution in [2.75, 3.05) is 13.1 Å². The zero-order chi connectivity index (χ0) is 32.2. The summed E-state index contributed by atoms with van der Waals surface area (Å²) in [6.45, 7) is 8.84. The number of nitrogens with one attached hydrogen (secondary N) is 3. The molecule has 0 spiro atoms. The van der Waals surface area contributed by atoms with Crippen LogP contribution in [0.5, 0.6) is 0 Å². The van der Waals surface area contributed by atoms with Gasteiger partial charge in [-0.3, -0.25) is 19.1 Å². The Morgan fingerprint density at radius 2 is 1.71 bits per heavy atom. The molecule has 3 aliphatic carbocycles. The van der Waals surface area contributed by atoms with Crippen LogP contribution < -0.4 is 15.4 Å². The van der Waals surface area contributed by atoms with E-state index in [2.05, 4.69) is 28.5 Å². The standard InChI is InChI=1S/C33H44N4O7S/c1-3-5-6-7-10-16-34-29(38)27-18-25(44-32(41)37-17-15-22-11-8-9-12-23(22)21-37)19-28(27)30(39)35-33(20-24(33)4-2)31(40)36-45(42,43)26-13-14-26/h3-4,8-9,11-12,24-28H,1-2,5-7,10,13-21H2,(H,34,38)(H,35,39)(H,36,40). The van der Waals surface area contributed by atoms with Crippen LogP contribution >= 0.6 is 0 Å². The van der Waals surface area contributed by atoms with Crippen molar-refractivity contribution in [1.29, 1.82) is 0 Å². The van der Waals surface area contributed by atoms with Crippen molar-refractivity contribution < 1.29 is 32.3 Å². The molecule has 5 atom stereocenters. The third-order valence-electron chi connectivity index (χ3n) is 9.48. The van der Waals surface area contributed by atoms with E-state index < -0.39 is 62.6 Å². The van der Waals surface area contributed by atoms with Gasteiger partial charge in [0.1, 0.15) is 11.6 Å². The van der Waals surface area contributed by atoms with Gasteiger partial charge in [-0.2, -0.15) is 0 Å². The Bertz CT molecular complexity index is 1440. The summed E-state index contributed by atoms with van der Waals surface area (Å²) in [6, 6.07) is 7.94. The summed E-state index contributed by atoms with van der Waals surface area (Å²) in [6.07, 6.45) is 7.95. The first-order chi connectivity index (χ1) is 21.6. The number of amides is 4. The molecule has 3 saturated carbocycles. The first kappa shape index (κ1) is 32.7. The molecule has 45 heavy (non-hydrogen) atoms.